The second-order valence-corrected chi connectivity index (χ2v) is 4.08. The zero-order chi connectivity index (χ0) is 12.6. The summed E-state index contributed by atoms with van der Waals surface area (Å²) in [5.74, 6) is 7.13. The van der Waals surface area contributed by atoms with E-state index in [1.165, 1.54) is 0 Å². The summed E-state index contributed by atoms with van der Waals surface area (Å²) in [6, 6.07) is 1.71. The Labute approximate surface area is 104 Å². The summed E-state index contributed by atoms with van der Waals surface area (Å²) in [5.41, 5.74) is 4.10. The van der Waals surface area contributed by atoms with E-state index in [0.717, 1.165) is 11.4 Å². The van der Waals surface area contributed by atoms with Crippen molar-refractivity contribution in [1.29, 1.82) is 0 Å². The number of anilines is 1. The largest absolute Gasteiger partial charge is 0.308 e. The normalized spacial score (nSPS) is 10.6. The molecule has 0 saturated heterocycles. The molecule has 0 unspecified atom stereocenters. The molecule has 0 amide bonds. The molecule has 0 atom stereocenters. The fourth-order valence-electron chi connectivity index (χ4n) is 1.58. The maximum Gasteiger partial charge on any atom is 0.159 e. The number of hydrazine groups is 1. The van der Waals surface area contributed by atoms with E-state index in [1.807, 2.05) is 13.8 Å². The molecule has 2 aromatic heterocycles. The van der Waals surface area contributed by atoms with Gasteiger partial charge in [0, 0.05) is 6.07 Å². The number of rotatable bonds is 2. The summed E-state index contributed by atoms with van der Waals surface area (Å²) in [5, 5.41) is 4.96. The van der Waals surface area contributed by atoms with Gasteiger partial charge in [-0.05, 0) is 20.8 Å². The van der Waals surface area contributed by atoms with Crippen LogP contribution in [0.2, 0.25) is 5.02 Å². The zero-order valence-electron chi connectivity index (χ0n) is 9.82. The molecule has 0 aliphatic rings. The number of nitrogen functional groups attached to an aromatic ring is 1. The molecule has 2 aromatic rings. The van der Waals surface area contributed by atoms with Crippen LogP contribution >= 0.6 is 11.6 Å². The Morgan fingerprint density at radius 2 is 2.00 bits per heavy atom. The van der Waals surface area contributed by atoms with Crippen LogP contribution in [0.1, 0.15) is 17.2 Å². The molecule has 0 spiro atoms. The smallest absolute Gasteiger partial charge is 0.159 e. The molecule has 90 valence electrons. The van der Waals surface area contributed by atoms with Crippen molar-refractivity contribution >= 4 is 17.4 Å². The molecule has 3 N–H and O–H groups in total. The van der Waals surface area contributed by atoms with Crippen molar-refractivity contribution in [3.8, 4) is 5.82 Å². The molecule has 0 radical (unpaired) electrons. The monoisotopic (exact) mass is 252 g/mol. The van der Waals surface area contributed by atoms with E-state index >= 15 is 0 Å². The molecule has 17 heavy (non-hydrogen) atoms. The van der Waals surface area contributed by atoms with E-state index in [4.69, 9.17) is 17.4 Å². The Kier molecular flexibility index (Phi) is 2.99. The first-order valence-electron chi connectivity index (χ1n) is 5.07. The van der Waals surface area contributed by atoms with Gasteiger partial charge in [-0.3, -0.25) is 0 Å². The van der Waals surface area contributed by atoms with Gasteiger partial charge >= 0.3 is 0 Å². The Morgan fingerprint density at radius 1 is 1.29 bits per heavy atom. The van der Waals surface area contributed by atoms with Crippen molar-refractivity contribution in [1.82, 2.24) is 19.7 Å². The van der Waals surface area contributed by atoms with E-state index in [-0.39, 0.29) is 0 Å². The van der Waals surface area contributed by atoms with Crippen LogP contribution in [0.15, 0.2) is 6.07 Å². The first kappa shape index (κ1) is 11.8. The van der Waals surface area contributed by atoms with Crippen molar-refractivity contribution in [2.75, 3.05) is 5.43 Å². The lowest BCUT2D eigenvalue weighted by Crippen LogP contribution is -2.12. The molecule has 7 heteroatoms. The molecule has 0 aliphatic carbocycles. The SMILES string of the molecule is Cc1nc(NN)cc(-n2nc(C)c(Cl)c2C)n1. The second kappa shape index (κ2) is 4.31. The number of nitrogens with one attached hydrogen (secondary N) is 1. The zero-order valence-corrected chi connectivity index (χ0v) is 10.6. The molecule has 2 rings (SSSR count). The number of nitrogens with two attached hydrogens (primary N) is 1. The molecule has 0 saturated carbocycles. The van der Waals surface area contributed by atoms with Gasteiger partial charge < -0.3 is 5.43 Å². The van der Waals surface area contributed by atoms with Crippen LogP contribution in [-0.2, 0) is 0 Å². The van der Waals surface area contributed by atoms with Crippen molar-refractivity contribution in [3.05, 3.63) is 28.3 Å². The number of nitrogens with zero attached hydrogens (tertiary/aromatic N) is 4. The highest BCUT2D eigenvalue weighted by Gasteiger charge is 2.12. The summed E-state index contributed by atoms with van der Waals surface area (Å²) in [7, 11) is 0. The van der Waals surface area contributed by atoms with Gasteiger partial charge in [-0.2, -0.15) is 5.10 Å². The molecule has 2 heterocycles. The van der Waals surface area contributed by atoms with Gasteiger partial charge in [0.1, 0.15) is 11.6 Å². The fourth-order valence-corrected chi connectivity index (χ4v) is 1.70. The number of hydrogen-bond donors (Lipinski definition) is 2. The van der Waals surface area contributed by atoms with E-state index < -0.39 is 0 Å². The van der Waals surface area contributed by atoms with Crippen molar-refractivity contribution in [2.24, 2.45) is 5.84 Å². The second-order valence-electron chi connectivity index (χ2n) is 3.70. The minimum absolute atomic E-state index is 0.538. The van der Waals surface area contributed by atoms with E-state index in [1.54, 1.807) is 17.7 Å². The lowest BCUT2D eigenvalue weighted by Gasteiger charge is -2.06. The van der Waals surface area contributed by atoms with Gasteiger partial charge in [-0.1, -0.05) is 11.6 Å². The van der Waals surface area contributed by atoms with Gasteiger partial charge in [-0.15, -0.1) is 0 Å². The number of halogens is 1. The summed E-state index contributed by atoms with van der Waals surface area (Å²) >= 11 is 6.09. The highest BCUT2D eigenvalue weighted by Crippen LogP contribution is 2.22. The van der Waals surface area contributed by atoms with Gasteiger partial charge in [0.15, 0.2) is 5.82 Å². The van der Waals surface area contributed by atoms with Crippen LogP contribution in [0.25, 0.3) is 5.82 Å². The Balaban J connectivity index is 2.59. The minimum Gasteiger partial charge on any atom is -0.308 e. The predicted octanol–water partition coefficient (Wildman–Crippen LogP) is 1.53. The van der Waals surface area contributed by atoms with Crippen molar-refractivity contribution in [3.63, 3.8) is 0 Å². The number of aryl methyl sites for hydroxylation is 2. The highest BCUT2D eigenvalue weighted by molar-refractivity contribution is 6.31. The van der Waals surface area contributed by atoms with E-state index in [2.05, 4.69) is 20.5 Å². The highest BCUT2D eigenvalue weighted by atomic mass is 35.5. The Bertz CT molecular complexity index is 562. The maximum absolute atomic E-state index is 6.09. The van der Waals surface area contributed by atoms with Gasteiger partial charge in [0.25, 0.3) is 0 Å². The summed E-state index contributed by atoms with van der Waals surface area (Å²) in [4.78, 5) is 8.42. The molecule has 0 fully saturated rings. The van der Waals surface area contributed by atoms with Crippen LogP contribution in [-0.4, -0.2) is 19.7 Å². The third-order valence-electron chi connectivity index (χ3n) is 2.39. The summed E-state index contributed by atoms with van der Waals surface area (Å²) < 4.78 is 1.67. The lowest BCUT2D eigenvalue weighted by molar-refractivity contribution is 0.793. The third kappa shape index (κ3) is 2.09. The quantitative estimate of drug-likeness (QED) is 0.626. The molecule has 0 aromatic carbocycles. The molecular formula is C10H13ClN6. The topological polar surface area (TPSA) is 81.6 Å². The average Bonchev–Trinajstić information content (AvgIpc) is 2.56. The first-order chi connectivity index (χ1) is 8.02. The van der Waals surface area contributed by atoms with E-state index in [9.17, 15) is 0 Å². The predicted molar refractivity (Wildman–Crippen MR) is 66.2 cm³/mol. The lowest BCUT2D eigenvalue weighted by atomic mass is 10.4. The molecule has 6 nitrogen and oxygen atoms in total. The molecular weight excluding hydrogens is 240 g/mol. The van der Waals surface area contributed by atoms with Crippen molar-refractivity contribution < 1.29 is 0 Å². The maximum atomic E-state index is 6.09. The number of aromatic nitrogens is 4. The van der Waals surface area contributed by atoms with E-state index in [0.29, 0.717) is 22.5 Å². The van der Waals surface area contributed by atoms with Crippen molar-refractivity contribution in [2.45, 2.75) is 20.8 Å². The van der Waals surface area contributed by atoms with Gasteiger partial charge in [-0.25, -0.2) is 20.5 Å². The van der Waals surface area contributed by atoms with Gasteiger partial charge in [0.2, 0.25) is 0 Å². The Hall–Kier alpha value is -1.66. The standard InChI is InChI=1S/C10H13ClN6/c1-5-10(11)6(2)17(16-5)9-4-8(15-12)13-7(3)14-9/h4H,12H2,1-3H3,(H,13,14,15). The van der Waals surface area contributed by atoms with Crippen LogP contribution in [0, 0.1) is 20.8 Å². The number of hydrogen-bond acceptors (Lipinski definition) is 5. The average molecular weight is 253 g/mol. The summed E-state index contributed by atoms with van der Waals surface area (Å²) in [6.07, 6.45) is 0. The minimum atomic E-state index is 0.538. The summed E-state index contributed by atoms with van der Waals surface area (Å²) in [6.45, 7) is 5.52. The Morgan fingerprint density at radius 3 is 2.53 bits per heavy atom. The molecule has 0 aliphatic heterocycles. The molecule has 0 bridgehead atoms. The van der Waals surface area contributed by atoms with Crippen LogP contribution in [0.4, 0.5) is 5.82 Å². The third-order valence-corrected chi connectivity index (χ3v) is 2.94. The first-order valence-corrected chi connectivity index (χ1v) is 5.45. The fraction of sp³-hybridized carbons (Fsp3) is 0.300. The van der Waals surface area contributed by atoms with Crippen LogP contribution in [0.3, 0.4) is 0 Å². The van der Waals surface area contributed by atoms with Crippen LogP contribution in [0.5, 0.6) is 0 Å². The van der Waals surface area contributed by atoms with Gasteiger partial charge in [0.05, 0.1) is 16.4 Å². The van der Waals surface area contributed by atoms with Crippen LogP contribution < -0.4 is 11.3 Å².